The number of nitrogens with zero attached hydrogens (tertiary/aromatic N) is 2. The molecule has 0 atom stereocenters. The third-order valence-electron chi connectivity index (χ3n) is 4.80. The van der Waals surface area contributed by atoms with Crippen molar-refractivity contribution in [3.63, 3.8) is 0 Å². The number of hydrogen-bond acceptors (Lipinski definition) is 3. The Hall–Kier alpha value is -2.82. The van der Waals surface area contributed by atoms with Crippen LogP contribution in [0.25, 0.3) is 11.0 Å². The van der Waals surface area contributed by atoms with Gasteiger partial charge in [-0.25, -0.2) is 4.98 Å². The summed E-state index contributed by atoms with van der Waals surface area (Å²) >= 11 is 0. The van der Waals surface area contributed by atoms with Gasteiger partial charge in [0.2, 0.25) is 5.91 Å². The summed E-state index contributed by atoms with van der Waals surface area (Å²) < 4.78 is 7.52. The van der Waals surface area contributed by atoms with Crippen LogP contribution in [0, 0.1) is 0 Å². The van der Waals surface area contributed by atoms with E-state index in [0.717, 1.165) is 28.2 Å². The number of amides is 1. The molecule has 134 valence electrons. The fraction of sp³-hybridized carbons (Fsp3) is 0.333. The minimum absolute atomic E-state index is 0.0437. The number of fused-ring (bicyclic) bond motifs is 1. The van der Waals surface area contributed by atoms with Crippen molar-refractivity contribution in [1.82, 2.24) is 14.9 Å². The Labute approximate surface area is 153 Å². The van der Waals surface area contributed by atoms with Gasteiger partial charge in [-0.2, -0.15) is 0 Å². The van der Waals surface area contributed by atoms with Gasteiger partial charge in [0.05, 0.1) is 24.7 Å². The Kier molecular flexibility index (Phi) is 4.61. The fourth-order valence-electron chi connectivity index (χ4n) is 3.31. The van der Waals surface area contributed by atoms with E-state index < -0.39 is 0 Å². The van der Waals surface area contributed by atoms with Gasteiger partial charge in [-0.15, -0.1) is 0 Å². The lowest BCUT2D eigenvalue weighted by atomic mass is 10.1. The summed E-state index contributed by atoms with van der Waals surface area (Å²) in [6.45, 7) is 0.474. The third kappa shape index (κ3) is 3.57. The normalized spacial score (nSPS) is 13.7. The Balaban J connectivity index is 1.38. The number of carbonyl (C=O) groups is 1. The maximum Gasteiger partial charge on any atom is 0.220 e. The molecule has 1 fully saturated rings. The second-order valence-corrected chi connectivity index (χ2v) is 6.75. The number of hydrogen-bond donors (Lipinski definition) is 1. The molecule has 3 aromatic rings. The predicted molar refractivity (Wildman–Crippen MR) is 101 cm³/mol. The van der Waals surface area contributed by atoms with Gasteiger partial charge in [-0.3, -0.25) is 4.79 Å². The molecule has 0 unspecified atom stereocenters. The van der Waals surface area contributed by atoms with Crippen LogP contribution in [0.4, 0.5) is 0 Å². The van der Waals surface area contributed by atoms with E-state index in [0.29, 0.717) is 25.4 Å². The van der Waals surface area contributed by atoms with Gasteiger partial charge >= 0.3 is 0 Å². The number of rotatable bonds is 7. The van der Waals surface area contributed by atoms with Crippen molar-refractivity contribution in [2.45, 2.75) is 38.3 Å². The second-order valence-electron chi connectivity index (χ2n) is 6.75. The molecule has 0 bridgehead atoms. The van der Waals surface area contributed by atoms with Gasteiger partial charge in [0.15, 0.2) is 0 Å². The van der Waals surface area contributed by atoms with E-state index in [-0.39, 0.29) is 5.91 Å². The van der Waals surface area contributed by atoms with Crippen molar-refractivity contribution in [2.75, 3.05) is 7.11 Å². The molecule has 0 aliphatic heterocycles. The van der Waals surface area contributed by atoms with Crippen LogP contribution in [-0.4, -0.2) is 22.6 Å². The number of aromatic nitrogens is 2. The van der Waals surface area contributed by atoms with Gasteiger partial charge in [0, 0.05) is 12.5 Å². The minimum atomic E-state index is 0.0437. The molecule has 5 heteroatoms. The molecule has 0 spiro atoms. The van der Waals surface area contributed by atoms with Crippen molar-refractivity contribution < 1.29 is 9.53 Å². The number of methoxy groups -OCH3 is 1. The summed E-state index contributed by atoms with van der Waals surface area (Å²) in [5.74, 6) is 1.81. The van der Waals surface area contributed by atoms with Crippen LogP contribution in [0.5, 0.6) is 5.75 Å². The Bertz CT molecular complexity index is 928. The monoisotopic (exact) mass is 349 g/mol. The highest BCUT2D eigenvalue weighted by Crippen LogP contribution is 2.38. The molecule has 1 N–H and O–H groups in total. The Morgan fingerprint density at radius 1 is 1.23 bits per heavy atom. The molecule has 1 heterocycles. The predicted octanol–water partition coefficient (Wildman–Crippen LogP) is 3.63. The molecule has 1 aliphatic carbocycles. The molecule has 1 saturated carbocycles. The molecule has 1 aromatic heterocycles. The molecule has 26 heavy (non-hydrogen) atoms. The molecule has 1 aliphatic rings. The van der Waals surface area contributed by atoms with Gasteiger partial charge in [-0.1, -0.05) is 24.3 Å². The summed E-state index contributed by atoms with van der Waals surface area (Å²) in [4.78, 5) is 17.0. The van der Waals surface area contributed by atoms with E-state index in [4.69, 9.17) is 9.72 Å². The topological polar surface area (TPSA) is 56.1 Å². The number of nitrogens with one attached hydrogen (secondary N) is 1. The SMILES string of the molecule is COc1cccc(CCC(=O)NCc2nc3ccccc3n2C2CC2)c1. The van der Waals surface area contributed by atoms with Gasteiger partial charge in [0.1, 0.15) is 11.6 Å². The maximum atomic E-state index is 12.3. The van der Waals surface area contributed by atoms with Crippen LogP contribution < -0.4 is 10.1 Å². The second kappa shape index (κ2) is 7.20. The molecule has 0 saturated heterocycles. The van der Waals surface area contributed by atoms with E-state index >= 15 is 0 Å². The van der Waals surface area contributed by atoms with Crippen molar-refractivity contribution in [3.05, 3.63) is 59.9 Å². The average Bonchev–Trinajstić information content (AvgIpc) is 3.45. The molecule has 1 amide bonds. The quantitative estimate of drug-likeness (QED) is 0.709. The summed E-state index contributed by atoms with van der Waals surface area (Å²) in [6.07, 6.45) is 3.53. The first-order valence-corrected chi connectivity index (χ1v) is 9.10. The summed E-state index contributed by atoms with van der Waals surface area (Å²) in [7, 11) is 1.65. The van der Waals surface area contributed by atoms with Crippen LogP contribution in [0.15, 0.2) is 48.5 Å². The summed E-state index contributed by atoms with van der Waals surface area (Å²) in [5, 5.41) is 3.03. The van der Waals surface area contributed by atoms with E-state index in [2.05, 4.69) is 16.0 Å². The van der Waals surface area contributed by atoms with Gasteiger partial charge in [-0.05, 0) is 49.1 Å². The number of imidazole rings is 1. The van der Waals surface area contributed by atoms with E-state index in [1.165, 1.54) is 12.8 Å². The smallest absolute Gasteiger partial charge is 0.220 e. The van der Waals surface area contributed by atoms with Crippen molar-refractivity contribution in [2.24, 2.45) is 0 Å². The number of para-hydroxylation sites is 2. The summed E-state index contributed by atoms with van der Waals surface area (Å²) in [6, 6.07) is 16.6. The largest absolute Gasteiger partial charge is 0.497 e. The van der Waals surface area contributed by atoms with Crippen LogP contribution in [-0.2, 0) is 17.8 Å². The van der Waals surface area contributed by atoms with Crippen LogP contribution in [0.3, 0.4) is 0 Å². The fourth-order valence-corrected chi connectivity index (χ4v) is 3.31. The van der Waals surface area contributed by atoms with Crippen molar-refractivity contribution >= 4 is 16.9 Å². The standard InChI is InChI=1S/C21H23N3O2/c1-26-17-6-4-5-15(13-17)9-12-21(25)22-14-20-23-18-7-2-3-8-19(18)24(20)16-10-11-16/h2-8,13,16H,9-12,14H2,1H3,(H,22,25). The first-order chi connectivity index (χ1) is 12.7. The lowest BCUT2D eigenvalue weighted by molar-refractivity contribution is -0.121. The van der Waals surface area contributed by atoms with E-state index in [1.807, 2.05) is 42.5 Å². The Morgan fingerprint density at radius 3 is 2.88 bits per heavy atom. The molecular weight excluding hydrogens is 326 g/mol. The van der Waals surface area contributed by atoms with Crippen LogP contribution in [0.2, 0.25) is 0 Å². The zero-order valence-electron chi connectivity index (χ0n) is 14.9. The van der Waals surface area contributed by atoms with Crippen LogP contribution >= 0.6 is 0 Å². The highest BCUT2D eigenvalue weighted by molar-refractivity contribution is 5.78. The van der Waals surface area contributed by atoms with Crippen LogP contribution in [0.1, 0.15) is 36.7 Å². The molecule has 4 rings (SSSR count). The molecular formula is C21H23N3O2. The van der Waals surface area contributed by atoms with Crippen molar-refractivity contribution in [3.8, 4) is 5.75 Å². The third-order valence-corrected chi connectivity index (χ3v) is 4.80. The lowest BCUT2D eigenvalue weighted by Gasteiger charge is -2.09. The highest BCUT2D eigenvalue weighted by Gasteiger charge is 2.28. The van der Waals surface area contributed by atoms with Gasteiger partial charge < -0.3 is 14.6 Å². The lowest BCUT2D eigenvalue weighted by Crippen LogP contribution is -2.24. The molecule has 2 aromatic carbocycles. The molecule has 0 radical (unpaired) electrons. The van der Waals surface area contributed by atoms with Gasteiger partial charge in [0.25, 0.3) is 0 Å². The number of aryl methyl sites for hydroxylation is 1. The average molecular weight is 349 g/mol. The number of benzene rings is 2. The highest BCUT2D eigenvalue weighted by atomic mass is 16.5. The molecule has 5 nitrogen and oxygen atoms in total. The summed E-state index contributed by atoms with van der Waals surface area (Å²) in [5.41, 5.74) is 3.26. The number of carbonyl (C=O) groups excluding carboxylic acids is 1. The van der Waals surface area contributed by atoms with E-state index in [1.54, 1.807) is 7.11 Å². The van der Waals surface area contributed by atoms with E-state index in [9.17, 15) is 4.79 Å². The minimum Gasteiger partial charge on any atom is -0.497 e. The first-order valence-electron chi connectivity index (χ1n) is 9.10. The zero-order chi connectivity index (χ0) is 17.9. The zero-order valence-corrected chi connectivity index (χ0v) is 14.9. The Morgan fingerprint density at radius 2 is 2.08 bits per heavy atom. The first kappa shape index (κ1) is 16.6. The maximum absolute atomic E-state index is 12.3. The number of ether oxygens (including phenoxy) is 1. The van der Waals surface area contributed by atoms with Crippen molar-refractivity contribution in [1.29, 1.82) is 0 Å².